The molecule has 8 heteroatoms. The molecule has 0 radical (unpaired) electrons. The van der Waals surface area contributed by atoms with E-state index in [0.29, 0.717) is 0 Å². The predicted molar refractivity (Wildman–Crippen MR) is 50.1 cm³/mol. The quantitative estimate of drug-likeness (QED) is 0.831. The highest BCUT2D eigenvalue weighted by molar-refractivity contribution is 7.89. The Labute approximate surface area is 90.1 Å². The number of nitrogens with two attached hydrogens (primary N) is 1. The maximum absolute atomic E-state index is 12.4. The van der Waals surface area contributed by atoms with Crippen LogP contribution in [-0.2, 0) is 15.9 Å². The summed E-state index contributed by atoms with van der Waals surface area (Å²) in [4.78, 5) is 3.46. The lowest BCUT2D eigenvalue weighted by molar-refractivity contribution is 0.150. The third-order valence-corrected chi connectivity index (χ3v) is 2.70. The number of rotatable bonds is 3. The van der Waals surface area contributed by atoms with Gasteiger partial charge < -0.3 is 0 Å². The van der Waals surface area contributed by atoms with Crippen molar-refractivity contribution in [1.29, 1.82) is 0 Å². The molecule has 0 aliphatic rings. The number of hydrogen-bond acceptors (Lipinski definition) is 3. The molecule has 1 heterocycles. The fraction of sp³-hybridized carbons (Fsp3) is 0.286. The first-order valence-corrected chi connectivity index (χ1v) is 5.81. The fourth-order valence-corrected chi connectivity index (χ4v) is 1.67. The predicted octanol–water partition coefficient (Wildman–Crippen LogP) is 1.41. The van der Waals surface area contributed by atoms with E-state index in [1.165, 1.54) is 0 Å². The van der Waals surface area contributed by atoms with Gasteiger partial charge in [0, 0.05) is 5.56 Å². The molecule has 0 aromatic carbocycles. The second-order valence-electron chi connectivity index (χ2n) is 2.66. The number of pyridine rings is 1. The second kappa shape index (κ2) is 4.38. The number of hydrogen-bond donors (Lipinski definition) is 1. The van der Waals surface area contributed by atoms with Crippen LogP contribution in [0, 0.1) is 0 Å². The average molecular weight is 257 g/mol. The summed E-state index contributed by atoms with van der Waals surface area (Å²) in [7, 11) is -3.99. The Balaban J connectivity index is 3.32. The van der Waals surface area contributed by atoms with Crippen LogP contribution < -0.4 is 5.14 Å². The number of alkyl halides is 3. The molecule has 0 fully saturated rings. The van der Waals surface area contributed by atoms with Crippen molar-refractivity contribution in [1.82, 2.24) is 4.98 Å². The molecule has 15 heavy (non-hydrogen) atoms. The van der Waals surface area contributed by atoms with Crippen molar-refractivity contribution in [3.8, 4) is 0 Å². The molecule has 0 spiro atoms. The minimum atomic E-state index is -3.99. The molecular weight excluding hydrogens is 250 g/mol. The molecule has 2 N–H and O–H groups in total. The minimum Gasteiger partial charge on any atom is -0.238 e. The molecule has 0 atom stereocenters. The number of aromatic nitrogens is 1. The first-order chi connectivity index (χ1) is 6.86. The lowest BCUT2D eigenvalue weighted by Gasteiger charge is -2.06. The summed E-state index contributed by atoms with van der Waals surface area (Å²) in [6.07, 6.45) is -2.75. The summed E-state index contributed by atoms with van der Waals surface area (Å²) in [5.41, 5.74) is -0.574. The summed E-state index contributed by atoms with van der Waals surface area (Å²) in [5.74, 6) is -0.303. The van der Waals surface area contributed by atoms with Gasteiger partial charge in [-0.2, -0.15) is 0 Å². The van der Waals surface area contributed by atoms with E-state index in [0.717, 1.165) is 12.1 Å². The Morgan fingerprint density at radius 2 is 2.07 bits per heavy atom. The van der Waals surface area contributed by atoms with Crippen molar-refractivity contribution >= 4 is 21.6 Å². The van der Waals surface area contributed by atoms with E-state index in [1.54, 1.807) is 0 Å². The van der Waals surface area contributed by atoms with Crippen LogP contribution in [0.4, 0.5) is 8.78 Å². The lowest BCUT2D eigenvalue weighted by Crippen LogP contribution is -2.15. The van der Waals surface area contributed by atoms with E-state index in [4.69, 9.17) is 16.7 Å². The number of sulfonamides is 1. The Hall–Kier alpha value is -0.790. The fourth-order valence-electron chi connectivity index (χ4n) is 0.956. The van der Waals surface area contributed by atoms with E-state index in [2.05, 4.69) is 4.98 Å². The van der Waals surface area contributed by atoms with Gasteiger partial charge in [0.25, 0.3) is 16.4 Å². The van der Waals surface area contributed by atoms with Crippen LogP contribution in [0.25, 0.3) is 0 Å². The molecule has 0 unspecified atom stereocenters. The highest BCUT2D eigenvalue weighted by Crippen LogP contribution is 2.23. The van der Waals surface area contributed by atoms with Crippen molar-refractivity contribution in [3.63, 3.8) is 0 Å². The Morgan fingerprint density at radius 3 is 2.47 bits per heavy atom. The Morgan fingerprint density at radius 1 is 1.47 bits per heavy atom. The summed E-state index contributed by atoms with van der Waals surface area (Å²) < 4.78 is 46.5. The molecule has 0 saturated heterocycles. The van der Waals surface area contributed by atoms with E-state index in [-0.39, 0.29) is 11.6 Å². The molecule has 84 valence electrons. The molecule has 0 saturated carbocycles. The van der Waals surface area contributed by atoms with E-state index >= 15 is 0 Å². The maximum Gasteiger partial charge on any atom is 0.265 e. The largest absolute Gasteiger partial charge is 0.265 e. The van der Waals surface area contributed by atoms with Crippen LogP contribution >= 0.6 is 11.6 Å². The van der Waals surface area contributed by atoms with Crippen molar-refractivity contribution in [3.05, 3.63) is 23.4 Å². The summed E-state index contributed by atoms with van der Waals surface area (Å²) in [5, 5.41) is 4.32. The van der Waals surface area contributed by atoms with Gasteiger partial charge in [-0.3, -0.25) is 0 Å². The van der Waals surface area contributed by atoms with E-state index in [1.807, 2.05) is 0 Å². The van der Waals surface area contributed by atoms with Crippen LogP contribution in [0.2, 0.25) is 0 Å². The number of primary sulfonamides is 1. The highest BCUT2D eigenvalue weighted by Gasteiger charge is 2.17. The van der Waals surface area contributed by atoms with Gasteiger partial charge in [0.15, 0.2) is 5.03 Å². The van der Waals surface area contributed by atoms with Crippen molar-refractivity contribution in [2.45, 2.75) is 17.3 Å². The third kappa shape index (κ3) is 2.83. The summed E-state index contributed by atoms with van der Waals surface area (Å²) >= 11 is 5.37. The van der Waals surface area contributed by atoms with Crippen LogP contribution in [0.1, 0.15) is 17.7 Å². The molecule has 1 rings (SSSR count). The van der Waals surface area contributed by atoms with Gasteiger partial charge in [-0.15, -0.1) is 11.6 Å². The van der Waals surface area contributed by atoms with Gasteiger partial charge in [-0.1, -0.05) is 0 Å². The molecule has 0 aliphatic carbocycles. The molecule has 0 amide bonds. The SMILES string of the molecule is NS(=O)(=O)c1ccc(C(F)F)c(CCl)n1. The Kier molecular flexibility index (Phi) is 3.58. The minimum absolute atomic E-state index is 0.182. The van der Waals surface area contributed by atoms with Crippen LogP contribution in [-0.4, -0.2) is 13.4 Å². The van der Waals surface area contributed by atoms with E-state index in [9.17, 15) is 17.2 Å². The van der Waals surface area contributed by atoms with Crippen LogP contribution in [0.15, 0.2) is 17.2 Å². The first-order valence-electron chi connectivity index (χ1n) is 3.73. The zero-order chi connectivity index (χ0) is 11.6. The van der Waals surface area contributed by atoms with Crippen molar-refractivity contribution < 1.29 is 17.2 Å². The van der Waals surface area contributed by atoms with Crippen molar-refractivity contribution in [2.75, 3.05) is 0 Å². The van der Waals surface area contributed by atoms with Gasteiger partial charge in [-0.25, -0.2) is 27.3 Å². The molecule has 1 aromatic rings. The zero-order valence-electron chi connectivity index (χ0n) is 7.32. The molecule has 0 aliphatic heterocycles. The zero-order valence-corrected chi connectivity index (χ0v) is 8.89. The highest BCUT2D eigenvalue weighted by atomic mass is 35.5. The standard InChI is InChI=1S/C7H7ClF2N2O2S/c8-3-5-4(7(9)10)1-2-6(12-5)15(11,13)14/h1-2,7H,3H2,(H2,11,13,14). The van der Waals surface area contributed by atoms with Crippen molar-refractivity contribution in [2.24, 2.45) is 5.14 Å². The lowest BCUT2D eigenvalue weighted by atomic mass is 10.2. The first kappa shape index (κ1) is 12.3. The normalized spacial score (nSPS) is 12.1. The number of nitrogens with zero attached hydrogens (tertiary/aromatic N) is 1. The third-order valence-electron chi connectivity index (χ3n) is 1.64. The molecule has 4 nitrogen and oxygen atoms in total. The van der Waals surface area contributed by atoms with Gasteiger partial charge in [0.1, 0.15) is 0 Å². The molecule has 0 bridgehead atoms. The maximum atomic E-state index is 12.4. The van der Waals surface area contributed by atoms with E-state index < -0.39 is 27.0 Å². The average Bonchev–Trinajstić information content (AvgIpc) is 2.15. The topological polar surface area (TPSA) is 73.1 Å². The van der Waals surface area contributed by atoms with Gasteiger partial charge in [0.05, 0.1) is 11.6 Å². The number of halogens is 3. The van der Waals surface area contributed by atoms with Crippen LogP contribution in [0.3, 0.4) is 0 Å². The van der Waals surface area contributed by atoms with Gasteiger partial charge in [0.2, 0.25) is 0 Å². The second-order valence-corrected chi connectivity index (χ2v) is 4.44. The van der Waals surface area contributed by atoms with Gasteiger partial charge >= 0.3 is 0 Å². The summed E-state index contributed by atoms with van der Waals surface area (Å²) in [6.45, 7) is 0. The summed E-state index contributed by atoms with van der Waals surface area (Å²) in [6, 6.07) is 1.88. The molecule has 1 aromatic heterocycles. The smallest absolute Gasteiger partial charge is 0.238 e. The monoisotopic (exact) mass is 256 g/mol. The van der Waals surface area contributed by atoms with Crippen LogP contribution in [0.5, 0.6) is 0 Å². The Bertz CT molecular complexity index is 464. The van der Waals surface area contributed by atoms with Gasteiger partial charge in [-0.05, 0) is 12.1 Å². The molecular formula is C7H7ClF2N2O2S.